The fourth-order valence-corrected chi connectivity index (χ4v) is 4.59. The first kappa shape index (κ1) is 15.1. The SMILES string of the molecule is O=C(c1ccc2c(c1)OCO2)N(C[C@H]1CCCO1)[C@@H]1CCSC1. The standard InChI is InChI=1S/C17H21NO4S/c19-17(12-3-4-15-16(8-12)22-11-21-15)18(13-5-7-23-10-13)9-14-2-1-6-20-14/h3-4,8,13-14H,1-2,5-7,9-11H2/t13-,14-/m1/s1. The summed E-state index contributed by atoms with van der Waals surface area (Å²) in [4.78, 5) is 15.1. The smallest absolute Gasteiger partial charge is 0.254 e. The highest BCUT2D eigenvalue weighted by Crippen LogP contribution is 2.33. The second-order valence-electron chi connectivity index (χ2n) is 6.18. The van der Waals surface area contributed by atoms with E-state index < -0.39 is 0 Å². The number of carbonyl (C=O) groups excluding carboxylic acids is 1. The maximum atomic E-state index is 13.1. The molecule has 3 heterocycles. The molecular formula is C17H21NO4S. The van der Waals surface area contributed by atoms with Gasteiger partial charge in [0.05, 0.1) is 6.10 Å². The van der Waals surface area contributed by atoms with Gasteiger partial charge in [-0.05, 0) is 43.2 Å². The molecule has 1 amide bonds. The van der Waals surface area contributed by atoms with Gasteiger partial charge in [0.1, 0.15) is 0 Å². The van der Waals surface area contributed by atoms with Crippen molar-refractivity contribution in [3.8, 4) is 11.5 Å². The molecule has 4 rings (SSSR count). The molecule has 1 aromatic carbocycles. The van der Waals surface area contributed by atoms with Gasteiger partial charge in [-0.2, -0.15) is 11.8 Å². The largest absolute Gasteiger partial charge is 0.454 e. The molecule has 3 aliphatic heterocycles. The van der Waals surface area contributed by atoms with Crippen molar-refractivity contribution in [2.24, 2.45) is 0 Å². The van der Waals surface area contributed by atoms with Crippen LogP contribution in [0.25, 0.3) is 0 Å². The van der Waals surface area contributed by atoms with Gasteiger partial charge < -0.3 is 19.1 Å². The minimum atomic E-state index is 0.0753. The highest BCUT2D eigenvalue weighted by Gasteiger charge is 2.31. The Morgan fingerprint density at radius 2 is 2.17 bits per heavy atom. The van der Waals surface area contributed by atoms with Gasteiger partial charge >= 0.3 is 0 Å². The zero-order chi connectivity index (χ0) is 15.6. The fourth-order valence-electron chi connectivity index (χ4n) is 3.37. The molecule has 3 aliphatic rings. The molecule has 0 unspecified atom stereocenters. The lowest BCUT2D eigenvalue weighted by molar-refractivity contribution is 0.0441. The van der Waals surface area contributed by atoms with Crippen LogP contribution in [0.1, 0.15) is 29.6 Å². The molecule has 5 nitrogen and oxygen atoms in total. The van der Waals surface area contributed by atoms with Crippen molar-refractivity contribution < 1.29 is 19.0 Å². The number of hydrogen-bond acceptors (Lipinski definition) is 5. The third-order valence-corrected chi connectivity index (χ3v) is 5.80. The first-order valence-electron chi connectivity index (χ1n) is 8.21. The van der Waals surface area contributed by atoms with Crippen molar-refractivity contribution in [3.05, 3.63) is 23.8 Å². The monoisotopic (exact) mass is 335 g/mol. The van der Waals surface area contributed by atoms with E-state index in [-0.39, 0.29) is 18.8 Å². The first-order valence-corrected chi connectivity index (χ1v) is 9.37. The Kier molecular flexibility index (Phi) is 4.35. The summed E-state index contributed by atoms with van der Waals surface area (Å²) < 4.78 is 16.5. The molecule has 23 heavy (non-hydrogen) atoms. The minimum absolute atomic E-state index is 0.0753. The van der Waals surface area contributed by atoms with Crippen LogP contribution in [0.4, 0.5) is 0 Å². The van der Waals surface area contributed by atoms with Gasteiger partial charge in [-0.25, -0.2) is 0 Å². The zero-order valence-electron chi connectivity index (χ0n) is 13.0. The predicted octanol–water partition coefficient (Wildman–Crippen LogP) is 2.54. The molecule has 2 fully saturated rings. The van der Waals surface area contributed by atoms with Gasteiger partial charge in [-0.3, -0.25) is 4.79 Å². The topological polar surface area (TPSA) is 48.0 Å². The van der Waals surface area contributed by atoms with E-state index in [0.29, 0.717) is 29.6 Å². The summed E-state index contributed by atoms with van der Waals surface area (Å²) >= 11 is 1.92. The molecule has 6 heteroatoms. The Morgan fingerprint density at radius 3 is 2.96 bits per heavy atom. The van der Waals surface area contributed by atoms with Crippen LogP contribution in [-0.4, -0.2) is 54.4 Å². The van der Waals surface area contributed by atoms with Gasteiger partial charge in [0.2, 0.25) is 6.79 Å². The zero-order valence-corrected chi connectivity index (χ0v) is 13.8. The average Bonchev–Trinajstić information content (AvgIpc) is 3.33. The molecule has 0 N–H and O–H groups in total. The number of nitrogens with zero attached hydrogens (tertiary/aromatic N) is 1. The van der Waals surface area contributed by atoms with Crippen LogP contribution in [-0.2, 0) is 4.74 Å². The molecule has 0 aromatic heterocycles. The van der Waals surface area contributed by atoms with Crippen LogP contribution < -0.4 is 9.47 Å². The Labute approximate surface area is 140 Å². The van der Waals surface area contributed by atoms with Crippen LogP contribution in [0, 0.1) is 0 Å². The van der Waals surface area contributed by atoms with E-state index in [9.17, 15) is 4.79 Å². The third-order valence-electron chi connectivity index (χ3n) is 4.65. The highest BCUT2D eigenvalue weighted by molar-refractivity contribution is 7.99. The molecule has 0 aliphatic carbocycles. The first-order chi connectivity index (χ1) is 11.3. The van der Waals surface area contributed by atoms with Crippen LogP contribution in [0.15, 0.2) is 18.2 Å². The normalized spacial score (nSPS) is 25.7. The van der Waals surface area contributed by atoms with Crippen molar-refractivity contribution in [1.29, 1.82) is 0 Å². The van der Waals surface area contributed by atoms with Crippen molar-refractivity contribution in [1.82, 2.24) is 4.90 Å². The fraction of sp³-hybridized carbons (Fsp3) is 0.588. The molecule has 124 valence electrons. The second kappa shape index (κ2) is 6.61. The minimum Gasteiger partial charge on any atom is -0.454 e. The summed E-state index contributed by atoms with van der Waals surface area (Å²) in [5, 5.41) is 0. The maximum absolute atomic E-state index is 13.1. The quantitative estimate of drug-likeness (QED) is 0.846. The summed E-state index contributed by atoms with van der Waals surface area (Å²) in [7, 11) is 0. The number of carbonyl (C=O) groups is 1. The summed E-state index contributed by atoms with van der Waals surface area (Å²) in [5.74, 6) is 3.59. The lowest BCUT2D eigenvalue weighted by Crippen LogP contribution is -2.44. The van der Waals surface area contributed by atoms with Crippen molar-refractivity contribution in [2.75, 3.05) is 31.5 Å². The van der Waals surface area contributed by atoms with Gasteiger partial charge in [0.15, 0.2) is 11.5 Å². The Hall–Kier alpha value is -1.40. The Bertz CT molecular complexity index is 582. The number of hydrogen-bond donors (Lipinski definition) is 0. The number of thioether (sulfide) groups is 1. The lowest BCUT2D eigenvalue weighted by atomic mass is 10.1. The van der Waals surface area contributed by atoms with Crippen LogP contribution in [0.2, 0.25) is 0 Å². The third kappa shape index (κ3) is 3.15. The van der Waals surface area contributed by atoms with E-state index in [4.69, 9.17) is 14.2 Å². The van der Waals surface area contributed by atoms with Crippen molar-refractivity contribution >= 4 is 17.7 Å². The molecule has 1 aromatic rings. The molecule has 0 saturated carbocycles. The Morgan fingerprint density at radius 1 is 1.26 bits per heavy atom. The number of amides is 1. The molecular weight excluding hydrogens is 314 g/mol. The lowest BCUT2D eigenvalue weighted by Gasteiger charge is -2.31. The summed E-state index contributed by atoms with van der Waals surface area (Å²) in [6.07, 6.45) is 3.38. The van der Waals surface area contributed by atoms with E-state index in [0.717, 1.165) is 37.4 Å². The molecule has 2 atom stereocenters. The van der Waals surface area contributed by atoms with Gasteiger partial charge in [0, 0.05) is 30.5 Å². The number of rotatable bonds is 4. The maximum Gasteiger partial charge on any atom is 0.254 e. The summed E-state index contributed by atoms with van der Waals surface area (Å²) in [6.45, 7) is 1.74. The number of benzene rings is 1. The molecule has 2 saturated heterocycles. The Balaban J connectivity index is 1.55. The van der Waals surface area contributed by atoms with Gasteiger partial charge in [-0.15, -0.1) is 0 Å². The second-order valence-corrected chi connectivity index (χ2v) is 7.33. The van der Waals surface area contributed by atoms with E-state index in [2.05, 4.69) is 0 Å². The number of ether oxygens (including phenoxy) is 3. The van der Waals surface area contributed by atoms with Crippen LogP contribution >= 0.6 is 11.8 Å². The summed E-state index contributed by atoms with van der Waals surface area (Å²) in [5.41, 5.74) is 0.671. The molecule has 0 bridgehead atoms. The average molecular weight is 335 g/mol. The van der Waals surface area contributed by atoms with Crippen LogP contribution in [0.5, 0.6) is 11.5 Å². The van der Waals surface area contributed by atoms with Crippen molar-refractivity contribution in [3.63, 3.8) is 0 Å². The van der Waals surface area contributed by atoms with Crippen LogP contribution in [0.3, 0.4) is 0 Å². The highest BCUT2D eigenvalue weighted by atomic mass is 32.2. The van der Waals surface area contributed by atoms with Gasteiger partial charge in [0.25, 0.3) is 5.91 Å². The predicted molar refractivity (Wildman–Crippen MR) is 88.3 cm³/mol. The molecule has 0 spiro atoms. The van der Waals surface area contributed by atoms with E-state index in [1.807, 2.05) is 28.8 Å². The van der Waals surface area contributed by atoms with E-state index in [1.54, 1.807) is 6.07 Å². The van der Waals surface area contributed by atoms with E-state index >= 15 is 0 Å². The van der Waals surface area contributed by atoms with E-state index in [1.165, 1.54) is 0 Å². The number of fused-ring (bicyclic) bond motifs is 1. The summed E-state index contributed by atoms with van der Waals surface area (Å²) in [6, 6.07) is 5.76. The van der Waals surface area contributed by atoms with Crippen molar-refractivity contribution in [2.45, 2.75) is 31.4 Å². The van der Waals surface area contributed by atoms with Gasteiger partial charge in [-0.1, -0.05) is 0 Å². The molecule has 0 radical (unpaired) electrons.